The van der Waals surface area contributed by atoms with Crippen LogP contribution in [0.4, 0.5) is 4.39 Å². The molecule has 0 aliphatic carbocycles. The molecule has 1 aromatic carbocycles. The maximum Gasteiger partial charge on any atom is 0.127 e. The third-order valence-corrected chi connectivity index (χ3v) is 3.95. The summed E-state index contributed by atoms with van der Waals surface area (Å²) in [4.78, 5) is 2.43. The van der Waals surface area contributed by atoms with Crippen molar-refractivity contribution >= 4 is 0 Å². The van der Waals surface area contributed by atoms with E-state index >= 15 is 0 Å². The molecule has 100 valence electrons. The Kier molecular flexibility index (Phi) is 4.36. The summed E-state index contributed by atoms with van der Waals surface area (Å²) in [5.41, 5.74) is 0.810. The normalized spacial score (nSPS) is 23.3. The van der Waals surface area contributed by atoms with E-state index in [9.17, 15) is 4.39 Å². The molecule has 1 fully saturated rings. The van der Waals surface area contributed by atoms with E-state index in [0.29, 0.717) is 12.0 Å². The molecule has 0 saturated carbocycles. The fourth-order valence-electron chi connectivity index (χ4n) is 2.83. The highest BCUT2D eigenvalue weighted by Gasteiger charge is 2.30. The fourth-order valence-corrected chi connectivity index (χ4v) is 2.83. The van der Waals surface area contributed by atoms with Crippen LogP contribution in [0.2, 0.25) is 0 Å². The zero-order chi connectivity index (χ0) is 13.1. The second-order valence-electron chi connectivity index (χ2n) is 5.45. The lowest BCUT2D eigenvalue weighted by Gasteiger charge is -2.42. The Morgan fingerprint density at radius 2 is 2.00 bits per heavy atom. The predicted molar refractivity (Wildman–Crippen MR) is 73.0 cm³/mol. The summed E-state index contributed by atoms with van der Waals surface area (Å²) in [5.74, 6) is 0.484. The van der Waals surface area contributed by atoms with Crippen LogP contribution in [0.15, 0.2) is 24.3 Å². The van der Waals surface area contributed by atoms with E-state index in [1.54, 1.807) is 12.1 Å². The van der Waals surface area contributed by atoms with Crippen LogP contribution in [-0.4, -0.2) is 30.6 Å². The van der Waals surface area contributed by atoms with Gasteiger partial charge in [0.15, 0.2) is 0 Å². The maximum atomic E-state index is 13.9. The summed E-state index contributed by atoms with van der Waals surface area (Å²) >= 11 is 0. The quantitative estimate of drug-likeness (QED) is 0.887. The number of nitrogens with one attached hydrogen (secondary N) is 1. The van der Waals surface area contributed by atoms with Gasteiger partial charge in [-0.05, 0) is 18.9 Å². The van der Waals surface area contributed by atoms with Crippen molar-refractivity contribution in [1.82, 2.24) is 10.2 Å². The zero-order valence-corrected chi connectivity index (χ0v) is 11.5. The van der Waals surface area contributed by atoms with Crippen LogP contribution in [0, 0.1) is 11.7 Å². The average molecular weight is 250 g/mol. The van der Waals surface area contributed by atoms with Gasteiger partial charge in [-0.15, -0.1) is 0 Å². The molecule has 1 saturated heterocycles. The van der Waals surface area contributed by atoms with E-state index in [2.05, 4.69) is 31.0 Å². The molecule has 2 rings (SSSR count). The molecule has 1 N–H and O–H groups in total. The van der Waals surface area contributed by atoms with Crippen LogP contribution < -0.4 is 5.32 Å². The molecule has 0 aromatic heterocycles. The Bertz CT molecular complexity index is 392. The van der Waals surface area contributed by atoms with Gasteiger partial charge in [-0.2, -0.15) is 0 Å². The smallest absolute Gasteiger partial charge is 0.127 e. The van der Waals surface area contributed by atoms with Crippen molar-refractivity contribution in [3.8, 4) is 0 Å². The topological polar surface area (TPSA) is 15.3 Å². The van der Waals surface area contributed by atoms with Gasteiger partial charge in [0.25, 0.3) is 0 Å². The second-order valence-corrected chi connectivity index (χ2v) is 5.45. The SMILES string of the molecule is CC(C)C1CNCCN1C(C)c1ccccc1F. The van der Waals surface area contributed by atoms with E-state index < -0.39 is 0 Å². The lowest BCUT2D eigenvalue weighted by molar-refractivity contribution is 0.0827. The zero-order valence-electron chi connectivity index (χ0n) is 11.5. The third-order valence-electron chi connectivity index (χ3n) is 3.95. The van der Waals surface area contributed by atoms with Gasteiger partial charge in [0, 0.05) is 37.3 Å². The number of hydrogen-bond donors (Lipinski definition) is 1. The van der Waals surface area contributed by atoms with Crippen molar-refractivity contribution in [1.29, 1.82) is 0 Å². The number of piperazine rings is 1. The summed E-state index contributed by atoms with van der Waals surface area (Å²) in [7, 11) is 0. The van der Waals surface area contributed by atoms with Crippen LogP contribution >= 0.6 is 0 Å². The van der Waals surface area contributed by atoms with E-state index in [-0.39, 0.29) is 11.9 Å². The van der Waals surface area contributed by atoms with Gasteiger partial charge >= 0.3 is 0 Å². The molecule has 18 heavy (non-hydrogen) atoms. The summed E-state index contributed by atoms with van der Waals surface area (Å²) in [5, 5.41) is 3.43. The van der Waals surface area contributed by atoms with Crippen LogP contribution in [-0.2, 0) is 0 Å². The van der Waals surface area contributed by atoms with Crippen LogP contribution in [0.25, 0.3) is 0 Å². The fraction of sp³-hybridized carbons (Fsp3) is 0.600. The molecule has 3 heteroatoms. The van der Waals surface area contributed by atoms with E-state index in [4.69, 9.17) is 0 Å². The highest BCUT2D eigenvalue weighted by atomic mass is 19.1. The molecule has 2 nitrogen and oxygen atoms in total. The van der Waals surface area contributed by atoms with Crippen molar-refractivity contribution in [2.24, 2.45) is 5.92 Å². The first-order valence-electron chi connectivity index (χ1n) is 6.82. The molecule has 1 aliphatic heterocycles. The molecule has 1 heterocycles. The van der Waals surface area contributed by atoms with Crippen molar-refractivity contribution in [2.75, 3.05) is 19.6 Å². The van der Waals surface area contributed by atoms with Gasteiger partial charge in [-0.25, -0.2) is 4.39 Å². The summed E-state index contributed by atoms with van der Waals surface area (Å²) < 4.78 is 13.9. The molecular formula is C15H23FN2. The van der Waals surface area contributed by atoms with Gasteiger partial charge in [-0.1, -0.05) is 32.0 Å². The summed E-state index contributed by atoms with van der Waals surface area (Å²) in [6, 6.07) is 7.75. The standard InChI is InChI=1S/C15H23FN2/c1-11(2)15-10-17-8-9-18(15)12(3)13-6-4-5-7-14(13)16/h4-7,11-12,15,17H,8-10H2,1-3H3. The minimum Gasteiger partial charge on any atom is -0.314 e. The highest BCUT2D eigenvalue weighted by Crippen LogP contribution is 2.27. The Labute approximate surface area is 109 Å². The van der Waals surface area contributed by atoms with E-state index in [1.165, 1.54) is 0 Å². The number of hydrogen-bond acceptors (Lipinski definition) is 2. The largest absolute Gasteiger partial charge is 0.314 e. The number of benzene rings is 1. The Hall–Kier alpha value is -0.930. The van der Waals surface area contributed by atoms with Crippen LogP contribution in [0.5, 0.6) is 0 Å². The maximum absolute atomic E-state index is 13.9. The molecule has 0 bridgehead atoms. The Balaban J connectivity index is 2.21. The second kappa shape index (κ2) is 5.81. The summed E-state index contributed by atoms with van der Waals surface area (Å²) in [6.45, 7) is 9.55. The van der Waals surface area contributed by atoms with Crippen molar-refractivity contribution in [2.45, 2.75) is 32.9 Å². The minimum absolute atomic E-state index is 0.0916. The number of halogens is 1. The molecule has 2 atom stereocenters. The van der Waals surface area contributed by atoms with Crippen LogP contribution in [0.1, 0.15) is 32.4 Å². The average Bonchev–Trinajstić information content (AvgIpc) is 2.38. The molecule has 2 unspecified atom stereocenters. The van der Waals surface area contributed by atoms with Gasteiger partial charge in [0.2, 0.25) is 0 Å². The molecule has 0 radical (unpaired) electrons. The van der Waals surface area contributed by atoms with Gasteiger partial charge < -0.3 is 5.32 Å². The van der Waals surface area contributed by atoms with Crippen molar-refractivity contribution < 1.29 is 4.39 Å². The van der Waals surface area contributed by atoms with Gasteiger partial charge in [-0.3, -0.25) is 4.90 Å². The Morgan fingerprint density at radius 3 is 2.67 bits per heavy atom. The highest BCUT2D eigenvalue weighted by molar-refractivity contribution is 5.21. The third kappa shape index (κ3) is 2.73. The first kappa shape index (κ1) is 13.5. The van der Waals surface area contributed by atoms with Crippen molar-refractivity contribution in [3.63, 3.8) is 0 Å². The number of rotatable bonds is 3. The van der Waals surface area contributed by atoms with Crippen molar-refractivity contribution in [3.05, 3.63) is 35.6 Å². The van der Waals surface area contributed by atoms with Crippen LogP contribution in [0.3, 0.4) is 0 Å². The van der Waals surface area contributed by atoms with E-state index in [1.807, 2.05) is 12.1 Å². The van der Waals surface area contributed by atoms with E-state index in [0.717, 1.165) is 25.2 Å². The first-order valence-corrected chi connectivity index (χ1v) is 6.82. The van der Waals surface area contributed by atoms with Gasteiger partial charge in [0.05, 0.1) is 0 Å². The summed E-state index contributed by atoms with van der Waals surface area (Å²) in [6.07, 6.45) is 0. The monoisotopic (exact) mass is 250 g/mol. The Morgan fingerprint density at radius 1 is 1.28 bits per heavy atom. The predicted octanol–water partition coefficient (Wildman–Crippen LogP) is 2.82. The molecule has 1 aromatic rings. The van der Waals surface area contributed by atoms with Gasteiger partial charge in [0.1, 0.15) is 5.82 Å². The molecule has 1 aliphatic rings. The molecule has 0 spiro atoms. The lowest BCUT2D eigenvalue weighted by atomic mass is 9.96. The number of nitrogens with zero attached hydrogens (tertiary/aromatic N) is 1. The lowest BCUT2D eigenvalue weighted by Crippen LogP contribution is -2.54. The minimum atomic E-state index is -0.0916. The first-order chi connectivity index (χ1) is 8.61. The molecular weight excluding hydrogens is 227 g/mol. The molecule has 0 amide bonds.